The van der Waals surface area contributed by atoms with Gasteiger partial charge in [-0.2, -0.15) is 5.10 Å². The molecule has 3 rings (SSSR count). The average molecular weight is 404 g/mol. The Morgan fingerprint density at radius 2 is 1.78 bits per heavy atom. The van der Waals surface area contributed by atoms with Crippen LogP contribution >= 0.6 is 23.2 Å². The van der Waals surface area contributed by atoms with E-state index < -0.39 is 0 Å². The summed E-state index contributed by atoms with van der Waals surface area (Å²) in [6.45, 7) is 4.36. The number of halogens is 2. The van der Waals surface area contributed by atoms with Crippen LogP contribution in [0.25, 0.3) is 10.8 Å². The number of carbonyl (C=O) groups excluding carboxylic acids is 1. The van der Waals surface area contributed by atoms with Crippen molar-refractivity contribution in [2.45, 2.75) is 19.3 Å². The highest BCUT2D eigenvalue weighted by Crippen LogP contribution is 2.29. The van der Waals surface area contributed by atoms with Crippen LogP contribution < -0.4 is 10.9 Å². The van der Waals surface area contributed by atoms with Crippen LogP contribution in [0.15, 0.2) is 47.3 Å². The van der Waals surface area contributed by atoms with E-state index >= 15 is 0 Å². The van der Waals surface area contributed by atoms with E-state index in [0.717, 1.165) is 5.56 Å². The van der Waals surface area contributed by atoms with Crippen LogP contribution in [0.2, 0.25) is 10.0 Å². The Morgan fingerprint density at radius 1 is 1.11 bits per heavy atom. The number of nitrogens with zero attached hydrogens (tertiary/aromatic N) is 2. The summed E-state index contributed by atoms with van der Waals surface area (Å²) in [7, 11) is 1.53. The predicted octanol–water partition coefficient (Wildman–Crippen LogP) is 3.95. The number of carbonyl (C=O) groups is 1. The third-order valence-corrected chi connectivity index (χ3v) is 5.30. The first-order valence-electron chi connectivity index (χ1n) is 8.40. The second-order valence-corrected chi connectivity index (χ2v) is 7.83. The van der Waals surface area contributed by atoms with Crippen molar-refractivity contribution >= 4 is 39.9 Å². The summed E-state index contributed by atoms with van der Waals surface area (Å²) in [4.78, 5) is 25.0. The summed E-state index contributed by atoms with van der Waals surface area (Å²) < 4.78 is 1.18. The Labute approximate surface area is 166 Å². The maximum absolute atomic E-state index is 12.8. The fourth-order valence-corrected chi connectivity index (χ4v) is 3.17. The smallest absolute Gasteiger partial charge is 0.274 e. The molecular weight excluding hydrogens is 385 g/mol. The van der Waals surface area contributed by atoms with Crippen LogP contribution in [-0.2, 0) is 12.5 Å². The van der Waals surface area contributed by atoms with E-state index in [2.05, 4.69) is 10.4 Å². The van der Waals surface area contributed by atoms with Crippen molar-refractivity contribution < 1.29 is 4.79 Å². The molecule has 0 aliphatic heterocycles. The molecule has 1 heterocycles. The molecule has 1 N–H and O–H groups in total. The lowest BCUT2D eigenvalue weighted by molar-refractivity contribution is 0.0940. The number of hydrogen-bond acceptors (Lipinski definition) is 3. The van der Waals surface area contributed by atoms with Gasteiger partial charge in [0.1, 0.15) is 0 Å². The van der Waals surface area contributed by atoms with E-state index in [1.165, 1.54) is 11.7 Å². The molecular formula is C20H19Cl2N3O2. The molecule has 0 aliphatic carbocycles. The summed E-state index contributed by atoms with van der Waals surface area (Å²) in [5.74, 6) is -0.338. The first-order chi connectivity index (χ1) is 12.7. The molecule has 3 aromatic rings. The molecule has 0 fully saturated rings. The third kappa shape index (κ3) is 3.84. The van der Waals surface area contributed by atoms with Gasteiger partial charge in [0.25, 0.3) is 11.5 Å². The van der Waals surface area contributed by atoms with E-state index in [1.807, 2.05) is 19.9 Å². The zero-order valence-electron chi connectivity index (χ0n) is 15.2. The largest absolute Gasteiger partial charge is 0.350 e. The quantitative estimate of drug-likeness (QED) is 0.716. The van der Waals surface area contributed by atoms with E-state index in [9.17, 15) is 9.59 Å². The molecule has 0 unspecified atom stereocenters. The molecule has 2 aromatic carbocycles. The SMILES string of the molecule is Cn1nc(C(=O)NCC(C)(C)c2ccc(Cl)c(Cl)c2)c2ccccc2c1=O. The highest BCUT2D eigenvalue weighted by molar-refractivity contribution is 6.42. The minimum absolute atomic E-state index is 0.220. The molecule has 0 atom stereocenters. The summed E-state index contributed by atoms with van der Waals surface area (Å²) in [6.07, 6.45) is 0. The lowest BCUT2D eigenvalue weighted by atomic mass is 9.84. The second kappa shape index (κ2) is 7.33. The van der Waals surface area contributed by atoms with Crippen LogP contribution in [0.4, 0.5) is 0 Å². The number of aryl methyl sites for hydroxylation is 1. The summed E-state index contributed by atoms with van der Waals surface area (Å²) in [6, 6.07) is 12.4. The average Bonchev–Trinajstić information content (AvgIpc) is 2.65. The van der Waals surface area contributed by atoms with Gasteiger partial charge < -0.3 is 5.32 Å². The summed E-state index contributed by atoms with van der Waals surface area (Å²) >= 11 is 12.1. The van der Waals surface area contributed by atoms with Gasteiger partial charge in [0.2, 0.25) is 0 Å². The second-order valence-electron chi connectivity index (χ2n) is 7.02. The Morgan fingerprint density at radius 3 is 2.44 bits per heavy atom. The molecule has 0 spiro atoms. The van der Waals surface area contributed by atoms with Crippen molar-refractivity contribution in [3.63, 3.8) is 0 Å². The standard InChI is InChI=1S/C20H19Cl2N3O2/c1-20(2,12-8-9-15(21)16(22)10-12)11-23-18(26)17-13-6-4-5-7-14(13)19(27)25(3)24-17/h4-10H,11H2,1-3H3,(H,23,26). The molecule has 0 bridgehead atoms. The minimum Gasteiger partial charge on any atom is -0.350 e. The highest BCUT2D eigenvalue weighted by atomic mass is 35.5. The number of aromatic nitrogens is 2. The van der Waals surface area contributed by atoms with Crippen LogP contribution in [0.1, 0.15) is 29.9 Å². The third-order valence-electron chi connectivity index (χ3n) is 4.56. The Kier molecular flexibility index (Phi) is 5.27. The normalized spacial score (nSPS) is 11.6. The zero-order valence-corrected chi connectivity index (χ0v) is 16.7. The number of hydrogen-bond donors (Lipinski definition) is 1. The van der Waals surface area contributed by atoms with Gasteiger partial charge in [0.05, 0.1) is 15.4 Å². The van der Waals surface area contributed by atoms with Gasteiger partial charge in [-0.05, 0) is 23.8 Å². The number of fused-ring (bicyclic) bond motifs is 1. The van der Waals surface area contributed by atoms with Crippen LogP contribution in [0.5, 0.6) is 0 Å². The van der Waals surface area contributed by atoms with E-state index in [4.69, 9.17) is 23.2 Å². The fraction of sp³-hybridized carbons (Fsp3) is 0.250. The maximum Gasteiger partial charge on any atom is 0.274 e. The van der Waals surface area contributed by atoms with Crippen LogP contribution in [-0.4, -0.2) is 22.2 Å². The Balaban J connectivity index is 1.88. The van der Waals surface area contributed by atoms with E-state index in [-0.39, 0.29) is 22.6 Å². The number of amides is 1. The first-order valence-corrected chi connectivity index (χ1v) is 9.16. The van der Waals surface area contributed by atoms with Crippen molar-refractivity contribution in [2.24, 2.45) is 7.05 Å². The van der Waals surface area contributed by atoms with Gasteiger partial charge in [0.15, 0.2) is 5.69 Å². The van der Waals surface area contributed by atoms with Crippen molar-refractivity contribution in [3.8, 4) is 0 Å². The Bertz CT molecular complexity index is 1090. The van der Waals surface area contributed by atoms with Crippen molar-refractivity contribution in [1.29, 1.82) is 0 Å². The first kappa shape index (κ1) is 19.4. The zero-order chi connectivity index (χ0) is 19.8. The van der Waals surface area contributed by atoms with Gasteiger partial charge in [0, 0.05) is 24.4 Å². The lowest BCUT2D eigenvalue weighted by Crippen LogP contribution is -2.38. The highest BCUT2D eigenvalue weighted by Gasteiger charge is 2.24. The molecule has 5 nitrogen and oxygen atoms in total. The van der Waals surface area contributed by atoms with E-state index in [1.54, 1.807) is 36.4 Å². The molecule has 27 heavy (non-hydrogen) atoms. The van der Waals surface area contributed by atoms with Gasteiger partial charge in [-0.1, -0.05) is 61.3 Å². The minimum atomic E-state index is -0.375. The van der Waals surface area contributed by atoms with Gasteiger partial charge in [-0.3, -0.25) is 9.59 Å². The topological polar surface area (TPSA) is 64.0 Å². The van der Waals surface area contributed by atoms with Crippen LogP contribution in [0, 0.1) is 0 Å². The summed E-state index contributed by atoms with van der Waals surface area (Å²) in [5.41, 5.74) is 0.562. The maximum atomic E-state index is 12.8. The number of rotatable bonds is 4. The van der Waals surface area contributed by atoms with Crippen molar-refractivity contribution in [1.82, 2.24) is 15.1 Å². The van der Waals surface area contributed by atoms with Gasteiger partial charge >= 0.3 is 0 Å². The molecule has 1 aromatic heterocycles. The molecule has 7 heteroatoms. The number of benzene rings is 2. The van der Waals surface area contributed by atoms with Gasteiger partial charge in [-0.25, -0.2) is 4.68 Å². The molecule has 0 radical (unpaired) electrons. The summed E-state index contributed by atoms with van der Waals surface area (Å²) in [5, 5.41) is 9.02. The lowest BCUT2D eigenvalue weighted by Gasteiger charge is -2.26. The van der Waals surface area contributed by atoms with Crippen molar-refractivity contribution in [2.75, 3.05) is 6.54 Å². The monoisotopic (exact) mass is 403 g/mol. The van der Waals surface area contributed by atoms with E-state index in [0.29, 0.717) is 27.4 Å². The molecule has 140 valence electrons. The molecule has 0 aliphatic rings. The van der Waals surface area contributed by atoms with Crippen LogP contribution in [0.3, 0.4) is 0 Å². The number of nitrogens with one attached hydrogen (secondary N) is 1. The molecule has 1 amide bonds. The van der Waals surface area contributed by atoms with Gasteiger partial charge in [-0.15, -0.1) is 0 Å². The van der Waals surface area contributed by atoms with Crippen molar-refractivity contribution in [3.05, 3.63) is 74.1 Å². The predicted molar refractivity (Wildman–Crippen MR) is 109 cm³/mol. The fourth-order valence-electron chi connectivity index (χ4n) is 2.87. The molecule has 0 saturated carbocycles. The Hall–Kier alpha value is -2.37. The molecule has 0 saturated heterocycles.